The molecule has 0 saturated carbocycles. The molecule has 0 unspecified atom stereocenters. The smallest absolute Gasteiger partial charge is 0.267 e. The second-order valence-corrected chi connectivity index (χ2v) is 4.88. The maximum absolute atomic E-state index is 11.8. The van der Waals surface area contributed by atoms with Crippen molar-refractivity contribution in [3.8, 4) is 0 Å². The van der Waals surface area contributed by atoms with E-state index in [0.29, 0.717) is 11.1 Å². The highest BCUT2D eigenvalue weighted by Crippen LogP contribution is 2.14. The van der Waals surface area contributed by atoms with Gasteiger partial charge in [-0.1, -0.05) is 18.2 Å². The molecule has 102 valence electrons. The number of nitrogens with one attached hydrogen (secondary N) is 2. The molecule has 2 aromatic rings. The van der Waals surface area contributed by atoms with E-state index in [1.165, 1.54) is 0 Å². The van der Waals surface area contributed by atoms with Gasteiger partial charge in [0.25, 0.3) is 11.8 Å². The second kappa shape index (κ2) is 6.77. The average Bonchev–Trinajstić information content (AvgIpc) is 2.53. The van der Waals surface area contributed by atoms with Gasteiger partial charge < -0.3 is 0 Å². The highest BCUT2D eigenvalue weighted by atomic mass is 32.2. The van der Waals surface area contributed by atoms with E-state index in [9.17, 15) is 9.59 Å². The largest absolute Gasteiger partial charge is 0.269 e. The van der Waals surface area contributed by atoms with Crippen molar-refractivity contribution in [3.05, 3.63) is 65.7 Å². The lowest BCUT2D eigenvalue weighted by Gasteiger charge is -2.07. The topological polar surface area (TPSA) is 58.2 Å². The van der Waals surface area contributed by atoms with Crippen LogP contribution in [-0.2, 0) is 0 Å². The summed E-state index contributed by atoms with van der Waals surface area (Å²) in [6, 6.07) is 15.9. The lowest BCUT2D eigenvalue weighted by Crippen LogP contribution is -2.41. The fourth-order valence-corrected chi connectivity index (χ4v) is 2.00. The zero-order chi connectivity index (χ0) is 14.4. The van der Waals surface area contributed by atoms with Crippen LogP contribution in [-0.4, -0.2) is 18.1 Å². The summed E-state index contributed by atoms with van der Waals surface area (Å²) in [6.07, 6.45) is 1.97. The van der Waals surface area contributed by atoms with Crippen molar-refractivity contribution in [1.29, 1.82) is 0 Å². The molecule has 2 rings (SSSR count). The molecule has 4 nitrogen and oxygen atoms in total. The Bertz CT molecular complexity index is 597. The van der Waals surface area contributed by atoms with Gasteiger partial charge in [-0.3, -0.25) is 20.4 Å². The fourth-order valence-electron chi connectivity index (χ4n) is 1.59. The number of hydrogen-bond donors (Lipinski definition) is 2. The van der Waals surface area contributed by atoms with Gasteiger partial charge in [0, 0.05) is 16.0 Å². The number of hydrazine groups is 1. The molecule has 0 atom stereocenters. The summed E-state index contributed by atoms with van der Waals surface area (Å²) < 4.78 is 0. The minimum absolute atomic E-state index is 0.345. The highest BCUT2D eigenvalue weighted by Gasteiger charge is 2.08. The van der Waals surface area contributed by atoms with E-state index in [1.807, 2.05) is 24.5 Å². The Labute approximate surface area is 121 Å². The third-order valence-electron chi connectivity index (χ3n) is 2.68. The van der Waals surface area contributed by atoms with E-state index in [1.54, 1.807) is 48.2 Å². The number of carbonyl (C=O) groups excluding carboxylic acids is 2. The summed E-state index contributed by atoms with van der Waals surface area (Å²) in [5, 5.41) is 0. The average molecular weight is 286 g/mol. The summed E-state index contributed by atoms with van der Waals surface area (Å²) in [5.74, 6) is -0.693. The van der Waals surface area contributed by atoms with E-state index >= 15 is 0 Å². The van der Waals surface area contributed by atoms with E-state index in [2.05, 4.69) is 10.9 Å². The van der Waals surface area contributed by atoms with Crippen molar-refractivity contribution in [3.63, 3.8) is 0 Å². The van der Waals surface area contributed by atoms with Gasteiger partial charge >= 0.3 is 0 Å². The van der Waals surface area contributed by atoms with Gasteiger partial charge in [0.2, 0.25) is 0 Å². The van der Waals surface area contributed by atoms with Crippen LogP contribution >= 0.6 is 11.8 Å². The number of rotatable bonds is 3. The van der Waals surface area contributed by atoms with Gasteiger partial charge in [-0.25, -0.2) is 0 Å². The lowest BCUT2D eigenvalue weighted by molar-refractivity contribution is 0.0846. The summed E-state index contributed by atoms with van der Waals surface area (Å²) in [6.45, 7) is 0. The van der Waals surface area contributed by atoms with E-state index < -0.39 is 0 Å². The maximum Gasteiger partial charge on any atom is 0.269 e. The Kier molecular flexibility index (Phi) is 4.79. The van der Waals surface area contributed by atoms with Gasteiger partial charge in [0.05, 0.1) is 0 Å². The molecule has 0 spiro atoms. The van der Waals surface area contributed by atoms with Crippen molar-refractivity contribution in [2.75, 3.05) is 6.26 Å². The molecule has 0 saturated heterocycles. The molecule has 2 amide bonds. The van der Waals surface area contributed by atoms with Crippen LogP contribution in [0.1, 0.15) is 20.7 Å². The number of carbonyl (C=O) groups is 2. The zero-order valence-electron chi connectivity index (χ0n) is 10.9. The van der Waals surface area contributed by atoms with Crippen LogP contribution in [0, 0.1) is 0 Å². The van der Waals surface area contributed by atoms with Crippen LogP contribution in [0.5, 0.6) is 0 Å². The second-order valence-electron chi connectivity index (χ2n) is 4.00. The van der Waals surface area contributed by atoms with Gasteiger partial charge in [-0.05, 0) is 42.7 Å². The first-order chi connectivity index (χ1) is 9.70. The lowest BCUT2D eigenvalue weighted by atomic mass is 10.2. The van der Waals surface area contributed by atoms with Crippen molar-refractivity contribution in [2.24, 2.45) is 0 Å². The van der Waals surface area contributed by atoms with Crippen LogP contribution < -0.4 is 10.9 Å². The van der Waals surface area contributed by atoms with Crippen molar-refractivity contribution in [1.82, 2.24) is 10.9 Å². The Morgan fingerprint density at radius 3 is 1.80 bits per heavy atom. The molecule has 2 N–H and O–H groups in total. The molecule has 0 fully saturated rings. The number of hydrogen-bond acceptors (Lipinski definition) is 3. The Morgan fingerprint density at radius 1 is 0.800 bits per heavy atom. The molecule has 5 heteroatoms. The quantitative estimate of drug-likeness (QED) is 0.673. The molecular formula is C15H14N2O2S. The number of amides is 2. The fraction of sp³-hybridized carbons (Fsp3) is 0.0667. The SMILES string of the molecule is CSc1ccc(C(=O)NNC(=O)c2ccccc2)cc1. The number of benzene rings is 2. The first-order valence-corrected chi connectivity index (χ1v) is 7.23. The van der Waals surface area contributed by atoms with E-state index in [0.717, 1.165) is 4.90 Å². The summed E-state index contributed by atoms with van der Waals surface area (Å²) >= 11 is 1.60. The minimum atomic E-state index is -0.348. The highest BCUT2D eigenvalue weighted by molar-refractivity contribution is 7.98. The molecular weight excluding hydrogens is 272 g/mol. The first-order valence-electron chi connectivity index (χ1n) is 6.00. The normalized spacial score (nSPS) is 9.85. The minimum Gasteiger partial charge on any atom is -0.267 e. The first kappa shape index (κ1) is 14.1. The predicted molar refractivity (Wildman–Crippen MR) is 79.6 cm³/mol. The molecule has 0 heterocycles. The Morgan fingerprint density at radius 2 is 1.30 bits per heavy atom. The van der Waals surface area contributed by atoms with Crippen molar-refractivity contribution in [2.45, 2.75) is 4.90 Å². The molecule has 0 bridgehead atoms. The summed E-state index contributed by atoms with van der Waals surface area (Å²) in [4.78, 5) is 24.7. The maximum atomic E-state index is 11.8. The third-order valence-corrected chi connectivity index (χ3v) is 3.42. The van der Waals surface area contributed by atoms with Crippen LogP contribution in [0.3, 0.4) is 0 Å². The standard InChI is InChI=1S/C15H14N2O2S/c1-20-13-9-7-12(8-10-13)15(19)17-16-14(18)11-5-3-2-4-6-11/h2-10H,1H3,(H,16,18)(H,17,19). The summed E-state index contributed by atoms with van der Waals surface area (Å²) in [5.41, 5.74) is 5.76. The Hall–Kier alpha value is -2.27. The van der Waals surface area contributed by atoms with Gasteiger partial charge in [-0.2, -0.15) is 0 Å². The zero-order valence-corrected chi connectivity index (χ0v) is 11.7. The van der Waals surface area contributed by atoms with Crippen molar-refractivity contribution >= 4 is 23.6 Å². The molecule has 0 aromatic heterocycles. The van der Waals surface area contributed by atoms with Crippen molar-refractivity contribution < 1.29 is 9.59 Å². The van der Waals surface area contributed by atoms with E-state index in [4.69, 9.17) is 0 Å². The van der Waals surface area contributed by atoms with Gasteiger partial charge in [-0.15, -0.1) is 11.8 Å². The van der Waals surface area contributed by atoms with Crippen LogP contribution in [0.25, 0.3) is 0 Å². The molecule has 2 aromatic carbocycles. The van der Waals surface area contributed by atoms with Gasteiger partial charge in [0.1, 0.15) is 0 Å². The predicted octanol–water partition coefficient (Wildman–Crippen LogP) is 2.48. The third kappa shape index (κ3) is 3.61. The van der Waals surface area contributed by atoms with Gasteiger partial charge in [0.15, 0.2) is 0 Å². The van der Waals surface area contributed by atoms with Crippen LogP contribution in [0.4, 0.5) is 0 Å². The molecule has 0 aliphatic carbocycles. The monoisotopic (exact) mass is 286 g/mol. The Balaban J connectivity index is 1.93. The molecule has 0 aliphatic heterocycles. The molecule has 0 aliphatic rings. The van der Waals surface area contributed by atoms with Crippen LogP contribution in [0.15, 0.2) is 59.5 Å². The van der Waals surface area contributed by atoms with E-state index in [-0.39, 0.29) is 11.8 Å². The molecule has 0 radical (unpaired) electrons. The number of thioether (sulfide) groups is 1. The summed E-state index contributed by atoms with van der Waals surface area (Å²) in [7, 11) is 0. The van der Waals surface area contributed by atoms with Crippen LogP contribution in [0.2, 0.25) is 0 Å². The molecule has 20 heavy (non-hydrogen) atoms.